The van der Waals surface area contributed by atoms with Crippen molar-refractivity contribution in [3.63, 3.8) is 0 Å². The standard InChI is InChI=1S/C21H27FN4S/c1-16(23-21(27)24-19-10-8-18(22)9-11-19)20(17-6-4-3-5-7-17)26-14-12-25(2)13-15-26/h3-11,16,20H,12-15H2,1-2H3,(H2,23,24,27)/p+2/t16-,20-/m0/s1. The van der Waals surface area contributed by atoms with Crippen molar-refractivity contribution >= 4 is 23.0 Å². The van der Waals surface area contributed by atoms with Crippen LogP contribution >= 0.6 is 12.2 Å². The number of halogens is 1. The summed E-state index contributed by atoms with van der Waals surface area (Å²) < 4.78 is 13.1. The van der Waals surface area contributed by atoms with Gasteiger partial charge in [0.15, 0.2) is 5.11 Å². The topological polar surface area (TPSA) is 32.9 Å². The number of anilines is 1. The van der Waals surface area contributed by atoms with Crippen molar-refractivity contribution in [3.8, 4) is 0 Å². The number of hydrogen-bond donors (Lipinski definition) is 4. The molecule has 1 fully saturated rings. The van der Waals surface area contributed by atoms with Gasteiger partial charge in [-0.1, -0.05) is 30.3 Å². The maximum Gasteiger partial charge on any atom is 0.171 e. The predicted octanol–water partition coefficient (Wildman–Crippen LogP) is 0.655. The Morgan fingerprint density at radius 3 is 2.26 bits per heavy atom. The number of benzene rings is 2. The first-order valence-electron chi connectivity index (χ1n) is 9.57. The first kappa shape index (κ1) is 19.7. The van der Waals surface area contributed by atoms with Crippen LogP contribution in [-0.2, 0) is 0 Å². The van der Waals surface area contributed by atoms with Crippen molar-refractivity contribution in [1.29, 1.82) is 0 Å². The van der Waals surface area contributed by atoms with Crippen LogP contribution in [0.2, 0.25) is 0 Å². The molecule has 4 nitrogen and oxygen atoms in total. The molecule has 144 valence electrons. The number of rotatable bonds is 5. The summed E-state index contributed by atoms with van der Waals surface area (Å²) in [6, 6.07) is 17.4. The van der Waals surface area contributed by atoms with E-state index in [2.05, 4.69) is 54.9 Å². The van der Waals surface area contributed by atoms with Crippen molar-refractivity contribution < 1.29 is 14.2 Å². The van der Waals surface area contributed by atoms with Gasteiger partial charge in [0.2, 0.25) is 0 Å². The van der Waals surface area contributed by atoms with Crippen LogP contribution in [0.5, 0.6) is 0 Å². The van der Waals surface area contributed by atoms with Gasteiger partial charge in [-0.2, -0.15) is 0 Å². The lowest BCUT2D eigenvalue weighted by Crippen LogP contribution is -3.27. The predicted molar refractivity (Wildman–Crippen MR) is 112 cm³/mol. The molecule has 1 aliphatic rings. The molecule has 0 aliphatic carbocycles. The Hall–Kier alpha value is -2.02. The van der Waals surface area contributed by atoms with Gasteiger partial charge < -0.3 is 20.4 Å². The molecule has 2 aromatic carbocycles. The van der Waals surface area contributed by atoms with E-state index in [1.54, 1.807) is 21.9 Å². The summed E-state index contributed by atoms with van der Waals surface area (Å²) in [4.78, 5) is 3.19. The van der Waals surface area contributed by atoms with Crippen LogP contribution in [0.4, 0.5) is 10.1 Å². The maximum atomic E-state index is 13.1. The molecule has 0 saturated carbocycles. The van der Waals surface area contributed by atoms with Gasteiger partial charge in [-0.05, 0) is 43.4 Å². The van der Waals surface area contributed by atoms with E-state index in [0.717, 1.165) is 18.8 Å². The minimum Gasteiger partial charge on any atom is -0.354 e. The molecular weight excluding hydrogens is 359 g/mol. The van der Waals surface area contributed by atoms with Gasteiger partial charge in [-0.25, -0.2) is 4.39 Å². The fourth-order valence-electron chi connectivity index (χ4n) is 3.84. The van der Waals surface area contributed by atoms with E-state index in [4.69, 9.17) is 12.2 Å². The van der Waals surface area contributed by atoms with Crippen LogP contribution in [0.3, 0.4) is 0 Å². The lowest BCUT2D eigenvalue weighted by molar-refractivity contribution is -1.02. The Kier molecular flexibility index (Phi) is 6.77. The number of likely N-dealkylation sites (N-methyl/N-ethyl adjacent to an activating group) is 1. The van der Waals surface area contributed by atoms with E-state index in [9.17, 15) is 4.39 Å². The van der Waals surface area contributed by atoms with Gasteiger partial charge in [0.25, 0.3) is 0 Å². The first-order valence-corrected chi connectivity index (χ1v) is 9.97. The zero-order chi connectivity index (χ0) is 19.2. The summed E-state index contributed by atoms with van der Waals surface area (Å²) in [5.74, 6) is -0.252. The second-order valence-corrected chi connectivity index (χ2v) is 7.81. The molecule has 0 radical (unpaired) electrons. The molecule has 0 amide bonds. The number of thiocarbonyl (C=S) groups is 1. The molecule has 0 unspecified atom stereocenters. The molecule has 3 rings (SSSR count). The van der Waals surface area contributed by atoms with E-state index < -0.39 is 0 Å². The molecule has 4 N–H and O–H groups in total. The van der Waals surface area contributed by atoms with Gasteiger partial charge in [0.1, 0.15) is 38.0 Å². The third-order valence-electron chi connectivity index (χ3n) is 5.31. The van der Waals surface area contributed by atoms with Crippen molar-refractivity contribution in [3.05, 3.63) is 66.0 Å². The summed E-state index contributed by atoms with van der Waals surface area (Å²) >= 11 is 5.51. The summed E-state index contributed by atoms with van der Waals surface area (Å²) in [7, 11) is 2.26. The van der Waals surface area contributed by atoms with E-state index in [1.807, 2.05) is 0 Å². The highest BCUT2D eigenvalue weighted by molar-refractivity contribution is 7.80. The zero-order valence-electron chi connectivity index (χ0n) is 16.0. The third kappa shape index (κ3) is 5.48. The smallest absolute Gasteiger partial charge is 0.171 e. The van der Waals surface area contributed by atoms with E-state index in [1.165, 1.54) is 30.8 Å². The first-order chi connectivity index (χ1) is 13.0. The monoisotopic (exact) mass is 388 g/mol. The second-order valence-electron chi connectivity index (χ2n) is 7.40. The average molecular weight is 389 g/mol. The summed E-state index contributed by atoms with van der Waals surface area (Å²) in [6.07, 6.45) is 0. The molecule has 0 bridgehead atoms. The Morgan fingerprint density at radius 2 is 1.63 bits per heavy atom. The SMILES string of the molecule is C[C@H](NC(=S)Nc1ccc(F)cc1)[C@@H](c1ccccc1)[NH+]1CC[NH+](C)CC1. The van der Waals surface area contributed by atoms with Crippen LogP contribution in [-0.4, -0.2) is 44.4 Å². The summed E-state index contributed by atoms with van der Waals surface area (Å²) in [5.41, 5.74) is 2.12. The molecule has 6 heteroatoms. The lowest BCUT2D eigenvalue weighted by atomic mass is 9.98. The quantitative estimate of drug-likeness (QED) is 0.568. The van der Waals surface area contributed by atoms with Gasteiger partial charge in [-0.15, -0.1) is 0 Å². The van der Waals surface area contributed by atoms with E-state index in [0.29, 0.717) is 11.2 Å². The Balaban J connectivity index is 1.69. The lowest BCUT2D eigenvalue weighted by Gasteiger charge is -2.37. The Bertz CT molecular complexity index is 730. The van der Waals surface area contributed by atoms with Crippen molar-refractivity contribution in [1.82, 2.24) is 5.32 Å². The summed E-state index contributed by atoms with van der Waals surface area (Å²) in [6.45, 7) is 6.85. The highest BCUT2D eigenvalue weighted by atomic mass is 32.1. The number of hydrogen-bond acceptors (Lipinski definition) is 1. The minimum atomic E-state index is -0.252. The van der Waals surface area contributed by atoms with Crippen LogP contribution in [0.25, 0.3) is 0 Å². The Morgan fingerprint density at radius 1 is 1.00 bits per heavy atom. The van der Waals surface area contributed by atoms with Gasteiger partial charge >= 0.3 is 0 Å². The molecule has 27 heavy (non-hydrogen) atoms. The fourth-order valence-corrected chi connectivity index (χ4v) is 4.14. The average Bonchev–Trinajstić information content (AvgIpc) is 2.66. The van der Waals surface area contributed by atoms with Gasteiger partial charge in [0.05, 0.1) is 13.1 Å². The molecule has 2 aromatic rings. The van der Waals surface area contributed by atoms with Gasteiger partial charge in [-0.3, -0.25) is 0 Å². The van der Waals surface area contributed by atoms with E-state index >= 15 is 0 Å². The second kappa shape index (κ2) is 9.26. The Labute approximate surface area is 166 Å². The van der Waals surface area contributed by atoms with Crippen LogP contribution in [0.15, 0.2) is 54.6 Å². The van der Waals surface area contributed by atoms with Crippen LogP contribution in [0, 0.1) is 5.82 Å². The number of piperazine rings is 1. The van der Waals surface area contributed by atoms with Crippen LogP contribution in [0.1, 0.15) is 18.5 Å². The molecule has 0 spiro atoms. The van der Waals surface area contributed by atoms with Crippen LogP contribution < -0.4 is 20.4 Å². The number of nitrogens with one attached hydrogen (secondary N) is 4. The molecule has 0 aromatic heterocycles. The number of quaternary nitrogens is 2. The highest BCUT2D eigenvalue weighted by Crippen LogP contribution is 2.14. The van der Waals surface area contributed by atoms with Crippen molar-refractivity contribution in [2.45, 2.75) is 19.0 Å². The largest absolute Gasteiger partial charge is 0.354 e. The normalized spacial score (nSPS) is 21.9. The molecule has 1 aliphatic heterocycles. The molecule has 1 heterocycles. The summed E-state index contributed by atoms with van der Waals surface area (Å²) in [5, 5.41) is 7.17. The third-order valence-corrected chi connectivity index (χ3v) is 5.53. The van der Waals surface area contributed by atoms with Crippen molar-refractivity contribution in [2.75, 3.05) is 38.5 Å². The molecular formula is C21H29FN4S+2. The fraction of sp³-hybridized carbons (Fsp3) is 0.381. The highest BCUT2D eigenvalue weighted by Gasteiger charge is 2.33. The maximum absolute atomic E-state index is 13.1. The molecule has 1 saturated heterocycles. The van der Waals surface area contributed by atoms with E-state index in [-0.39, 0.29) is 11.9 Å². The zero-order valence-corrected chi connectivity index (χ0v) is 16.8. The molecule has 2 atom stereocenters. The minimum absolute atomic E-state index is 0.168. The van der Waals surface area contributed by atoms with Crippen molar-refractivity contribution in [2.24, 2.45) is 0 Å². The van der Waals surface area contributed by atoms with Gasteiger partial charge in [0, 0.05) is 11.3 Å².